The zero-order valence-electron chi connectivity index (χ0n) is 34.2. The van der Waals surface area contributed by atoms with E-state index in [-0.39, 0.29) is 11.3 Å². The lowest BCUT2D eigenvalue weighted by atomic mass is 9.77. The van der Waals surface area contributed by atoms with E-state index in [0.717, 1.165) is 29.2 Å². The van der Waals surface area contributed by atoms with E-state index in [1.54, 1.807) is 0 Å². The fourth-order valence-corrected chi connectivity index (χ4v) is 9.72. The van der Waals surface area contributed by atoms with Crippen molar-refractivity contribution in [2.45, 2.75) is 45.4 Å². The van der Waals surface area contributed by atoms with E-state index in [9.17, 15) is 0 Å². The molecule has 2 aliphatic rings. The van der Waals surface area contributed by atoms with Crippen LogP contribution >= 0.6 is 0 Å². The molecule has 1 atom stereocenters. The number of benzene rings is 8. The maximum absolute atomic E-state index is 2.49. The van der Waals surface area contributed by atoms with Gasteiger partial charge in [-0.25, -0.2) is 0 Å². The second kappa shape index (κ2) is 14.8. The highest BCUT2D eigenvalue weighted by Crippen LogP contribution is 2.52. The topological polar surface area (TPSA) is 6.48 Å². The van der Waals surface area contributed by atoms with Crippen LogP contribution in [0.3, 0.4) is 0 Å². The molecule has 2 heteroatoms. The zero-order chi connectivity index (χ0) is 40.1. The quantitative estimate of drug-likeness (QED) is 0.152. The van der Waals surface area contributed by atoms with E-state index in [1.165, 1.54) is 72.6 Å². The summed E-state index contributed by atoms with van der Waals surface area (Å²) in [7, 11) is 0. The van der Waals surface area contributed by atoms with Crippen molar-refractivity contribution < 1.29 is 0 Å². The SMILES string of the molecule is Cc1ccc(N(c2ccccc2)c2ccccc2)cc1C1CC=Cc2c(N(c3ccc(-c4ccccc4)cc3)c3ccc4c(c3)C(C)(C)c3ccccc3-4)ccc(C)c21. The summed E-state index contributed by atoms with van der Waals surface area (Å²) in [6.45, 7) is 9.31. The summed E-state index contributed by atoms with van der Waals surface area (Å²) >= 11 is 0. The fraction of sp³-hybridized carbons (Fsp3) is 0.123. The molecular weight excluding hydrogens is 713 g/mol. The van der Waals surface area contributed by atoms with Crippen molar-refractivity contribution in [3.05, 3.63) is 233 Å². The largest absolute Gasteiger partial charge is 0.310 e. The lowest BCUT2D eigenvalue weighted by Gasteiger charge is -2.34. The van der Waals surface area contributed by atoms with Crippen LogP contribution in [0.2, 0.25) is 0 Å². The number of hydrogen-bond acceptors (Lipinski definition) is 2. The number of rotatable bonds is 8. The van der Waals surface area contributed by atoms with Gasteiger partial charge in [-0.2, -0.15) is 0 Å². The third-order valence-electron chi connectivity index (χ3n) is 12.7. The van der Waals surface area contributed by atoms with Crippen molar-refractivity contribution in [2.75, 3.05) is 9.80 Å². The Hall–Kier alpha value is -6.90. The average molecular weight is 761 g/mol. The van der Waals surface area contributed by atoms with Crippen LogP contribution in [0, 0.1) is 13.8 Å². The van der Waals surface area contributed by atoms with Crippen LogP contribution in [0.4, 0.5) is 34.1 Å². The van der Waals surface area contributed by atoms with E-state index in [0.29, 0.717) is 0 Å². The molecule has 2 aliphatic carbocycles. The fourth-order valence-electron chi connectivity index (χ4n) is 9.72. The highest BCUT2D eigenvalue weighted by molar-refractivity contribution is 5.89. The Balaban J connectivity index is 1.13. The Morgan fingerprint density at radius 3 is 1.71 bits per heavy atom. The van der Waals surface area contributed by atoms with Crippen molar-refractivity contribution >= 4 is 40.2 Å². The second-order valence-electron chi connectivity index (χ2n) is 16.6. The van der Waals surface area contributed by atoms with E-state index in [2.05, 4.69) is 238 Å². The number of para-hydroxylation sites is 2. The first-order valence-electron chi connectivity index (χ1n) is 20.9. The summed E-state index contributed by atoms with van der Waals surface area (Å²) in [6.07, 6.45) is 5.72. The van der Waals surface area contributed by atoms with Crippen molar-refractivity contribution in [1.82, 2.24) is 0 Å². The first-order valence-corrected chi connectivity index (χ1v) is 20.9. The van der Waals surface area contributed by atoms with Crippen LogP contribution in [0.15, 0.2) is 194 Å². The van der Waals surface area contributed by atoms with Gasteiger partial charge in [-0.15, -0.1) is 0 Å². The van der Waals surface area contributed by atoms with Crippen LogP contribution in [0.1, 0.15) is 65.1 Å². The predicted molar refractivity (Wildman–Crippen MR) is 250 cm³/mol. The summed E-state index contributed by atoms with van der Waals surface area (Å²) in [5, 5.41) is 0. The minimum absolute atomic E-state index is 0.113. The molecular formula is C57H48N2. The summed E-state index contributed by atoms with van der Waals surface area (Å²) in [5.74, 6) is 0.194. The molecule has 0 radical (unpaired) electrons. The highest BCUT2D eigenvalue weighted by atomic mass is 15.1. The van der Waals surface area contributed by atoms with Gasteiger partial charge in [0.15, 0.2) is 0 Å². The third-order valence-corrected chi connectivity index (χ3v) is 12.7. The lowest BCUT2D eigenvalue weighted by Crippen LogP contribution is -2.18. The molecule has 0 bridgehead atoms. The Morgan fingerprint density at radius 2 is 1.00 bits per heavy atom. The van der Waals surface area contributed by atoms with E-state index < -0.39 is 0 Å². The Morgan fingerprint density at radius 1 is 0.458 bits per heavy atom. The van der Waals surface area contributed by atoms with E-state index >= 15 is 0 Å². The van der Waals surface area contributed by atoms with Crippen LogP contribution in [-0.2, 0) is 5.41 Å². The van der Waals surface area contributed by atoms with Crippen molar-refractivity contribution in [2.24, 2.45) is 0 Å². The summed E-state index contributed by atoms with van der Waals surface area (Å²) in [6, 6.07) is 69.0. The number of fused-ring (bicyclic) bond motifs is 4. The normalized spacial score (nSPS) is 14.6. The maximum Gasteiger partial charge on any atom is 0.0537 e. The number of hydrogen-bond donors (Lipinski definition) is 0. The summed E-state index contributed by atoms with van der Waals surface area (Å²) < 4.78 is 0. The van der Waals surface area contributed by atoms with E-state index in [4.69, 9.17) is 0 Å². The van der Waals surface area contributed by atoms with Crippen molar-refractivity contribution in [1.29, 1.82) is 0 Å². The number of allylic oxidation sites excluding steroid dienone is 1. The molecule has 8 aromatic rings. The van der Waals surface area contributed by atoms with Crippen LogP contribution in [-0.4, -0.2) is 0 Å². The Bertz CT molecular complexity index is 2800. The zero-order valence-corrected chi connectivity index (χ0v) is 34.2. The lowest BCUT2D eigenvalue weighted by molar-refractivity contribution is 0.660. The summed E-state index contributed by atoms with van der Waals surface area (Å²) in [5.41, 5.74) is 21.3. The molecule has 0 spiro atoms. The van der Waals surface area contributed by atoms with Crippen molar-refractivity contribution in [3.8, 4) is 22.3 Å². The van der Waals surface area contributed by atoms with Gasteiger partial charge >= 0.3 is 0 Å². The molecule has 59 heavy (non-hydrogen) atoms. The average Bonchev–Trinajstić information content (AvgIpc) is 3.51. The Labute approximate surface area is 349 Å². The number of aryl methyl sites for hydroxylation is 2. The maximum atomic E-state index is 2.49. The van der Waals surface area contributed by atoms with Gasteiger partial charge in [-0.3, -0.25) is 0 Å². The first kappa shape index (κ1) is 36.4. The van der Waals surface area contributed by atoms with Gasteiger partial charge in [0, 0.05) is 45.3 Å². The number of anilines is 6. The minimum atomic E-state index is -0.113. The minimum Gasteiger partial charge on any atom is -0.310 e. The monoisotopic (exact) mass is 760 g/mol. The summed E-state index contributed by atoms with van der Waals surface area (Å²) in [4.78, 5) is 4.87. The van der Waals surface area contributed by atoms with Crippen LogP contribution in [0.5, 0.6) is 0 Å². The van der Waals surface area contributed by atoms with Gasteiger partial charge in [-0.05, 0) is 143 Å². The molecule has 0 heterocycles. The van der Waals surface area contributed by atoms with Gasteiger partial charge in [0.05, 0.1) is 5.69 Å². The van der Waals surface area contributed by atoms with Crippen molar-refractivity contribution in [3.63, 3.8) is 0 Å². The predicted octanol–water partition coefficient (Wildman–Crippen LogP) is 15.8. The standard InChI is InChI=1S/C57H48N2/c1-39-27-31-46(58(43-19-10-6-11-20-43)44-21-12-7-13-22-44)37-52(39)50-24-16-25-51-55(36-28-40(2)56(50)51)59(45-32-29-42(30-33-45)41-17-8-5-9-18-41)47-34-35-49-48-23-14-15-26-53(48)57(3,4)54(49)38-47/h5-23,25-38,50H,24H2,1-4H3. The molecule has 0 aliphatic heterocycles. The second-order valence-corrected chi connectivity index (χ2v) is 16.6. The molecule has 0 saturated heterocycles. The molecule has 0 saturated carbocycles. The van der Waals surface area contributed by atoms with Gasteiger partial charge in [0.25, 0.3) is 0 Å². The molecule has 286 valence electrons. The molecule has 0 fully saturated rings. The molecule has 0 aromatic heterocycles. The Kier molecular flexibility index (Phi) is 9.14. The van der Waals surface area contributed by atoms with Crippen LogP contribution in [0.25, 0.3) is 28.3 Å². The molecule has 0 amide bonds. The van der Waals surface area contributed by atoms with Gasteiger partial charge in [-0.1, -0.05) is 147 Å². The van der Waals surface area contributed by atoms with Gasteiger partial charge in [0.2, 0.25) is 0 Å². The highest BCUT2D eigenvalue weighted by Gasteiger charge is 2.36. The van der Waals surface area contributed by atoms with E-state index in [1.807, 2.05) is 0 Å². The van der Waals surface area contributed by atoms with Gasteiger partial charge < -0.3 is 9.80 Å². The first-order chi connectivity index (χ1) is 28.9. The molecule has 1 unspecified atom stereocenters. The number of nitrogens with zero attached hydrogens (tertiary/aromatic N) is 2. The van der Waals surface area contributed by atoms with Gasteiger partial charge in [0.1, 0.15) is 0 Å². The third kappa shape index (κ3) is 6.37. The molecule has 0 N–H and O–H groups in total. The smallest absolute Gasteiger partial charge is 0.0537 e. The molecule has 10 rings (SSSR count). The molecule has 8 aromatic carbocycles. The molecule has 2 nitrogen and oxygen atoms in total. The van der Waals surface area contributed by atoms with Crippen LogP contribution < -0.4 is 9.80 Å².